The molecule has 1 fully saturated rings. The predicted molar refractivity (Wildman–Crippen MR) is 148 cm³/mol. The SMILES string of the molecule is CC(C)c1ccccc1NC(=O)COc1ccc(/C=C2/SC(=S)N(NC(=O)c3cccs3)C2=O)cc1. The molecule has 3 aromatic rings. The third-order valence-electron chi connectivity index (χ3n) is 5.16. The van der Waals surface area contributed by atoms with Gasteiger partial charge in [-0.15, -0.1) is 11.3 Å². The molecule has 1 aliphatic rings. The van der Waals surface area contributed by atoms with Gasteiger partial charge in [-0.25, -0.2) is 0 Å². The largest absolute Gasteiger partial charge is 0.484 e. The number of anilines is 1. The first-order valence-electron chi connectivity index (χ1n) is 11.1. The molecule has 7 nitrogen and oxygen atoms in total. The highest BCUT2D eigenvalue weighted by Crippen LogP contribution is 2.32. The van der Waals surface area contributed by atoms with Crippen LogP contribution in [-0.2, 0) is 9.59 Å². The van der Waals surface area contributed by atoms with E-state index < -0.39 is 5.91 Å². The van der Waals surface area contributed by atoms with E-state index in [1.807, 2.05) is 24.3 Å². The molecule has 1 saturated heterocycles. The van der Waals surface area contributed by atoms with Gasteiger partial charge in [-0.2, -0.15) is 5.01 Å². The Morgan fingerprint density at radius 3 is 2.53 bits per heavy atom. The van der Waals surface area contributed by atoms with Crippen molar-refractivity contribution in [2.45, 2.75) is 19.8 Å². The molecule has 0 aliphatic carbocycles. The number of amides is 3. The lowest BCUT2D eigenvalue weighted by Crippen LogP contribution is -2.44. The minimum Gasteiger partial charge on any atom is -0.484 e. The third kappa shape index (κ3) is 6.20. The summed E-state index contributed by atoms with van der Waals surface area (Å²) in [4.78, 5) is 38.3. The van der Waals surface area contributed by atoms with Crippen LogP contribution in [0, 0.1) is 0 Å². The maximum Gasteiger partial charge on any atom is 0.285 e. The lowest BCUT2D eigenvalue weighted by atomic mass is 10.0. The highest BCUT2D eigenvalue weighted by molar-refractivity contribution is 8.26. The zero-order chi connectivity index (χ0) is 25.7. The minimum absolute atomic E-state index is 0.131. The Balaban J connectivity index is 1.33. The number of carbonyl (C=O) groups excluding carboxylic acids is 3. The third-order valence-corrected chi connectivity index (χ3v) is 7.33. The number of thiocarbonyl (C=S) groups is 1. The highest BCUT2D eigenvalue weighted by atomic mass is 32.2. The monoisotopic (exact) mass is 537 g/mol. The molecule has 10 heteroatoms. The van der Waals surface area contributed by atoms with Crippen LogP contribution in [0.4, 0.5) is 5.69 Å². The molecule has 0 atom stereocenters. The Labute approximate surface area is 222 Å². The lowest BCUT2D eigenvalue weighted by Gasteiger charge is -2.14. The van der Waals surface area contributed by atoms with Gasteiger partial charge in [0.1, 0.15) is 5.75 Å². The first-order valence-corrected chi connectivity index (χ1v) is 13.2. The van der Waals surface area contributed by atoms with Crippen LogP contribution in [0.1, 0.15) is 40.6 Å². The van der Waals surface area contributed by atoms with Gasteiger partial charge < -0.3 is 10.1 Å². The fraction of sp³-hybridized carbons (Fsp3) is 0.154. The summed E-state index contributed by atoms with van der Waals surface area (Å²) in [5, 5.41) is 5.76. The van der Waals surface area contributed by atoms with E-state index >= 15 is 0 Å². The summed E-state index contributed by atoms with van der Waals surface area (Å²) < 4.78 is 5.87. The Morgan fingerprint density at radius 1 is 1.08 bits per heavy atom. The van der Waals surface area contributed by atoms with Gasteiger partial charge in [-0.3, -0.25) is 19.8 Å². The molecular weight excluding hydrogens is 515 g/mol. The van der Waals surface area contributed by atoms with Crippen LogP contribution >= 0.6 is 35.3 Å². The summed E-state index contributed by atoms with van der Waals surface area (Å²) in [6.07, 6.45) is 1.69. The normalized spacial score (nSPS) is 14.4. The number of nitrogens with one attached hydrogen (secondary N) is 2. The first kappa shape index (κ1) is 25.6. The average molecular weight is 538 g/mol. The van der Waals surface area contributed by atoms with Gasteiger partial charge in [-0.1, -0.05) is 62.0 Å². The van der Waals surface area contributed by atoms with E-state index in [0.29, 0.717) is 15.5 Å². The summed E-state index contributed by atoms with van der Waals surface area (Å²) in [7, 11) is 0. The molecule has 0 radical (unpaired) electrons. The van der Waals surface area contributed by atoms with Gasteiger partial charge in [0, 0.05) is 5.69 Å². The van der Waals surface area contributed by atoms with Crippen LogP contribution < -0.4 is 15.5 Å². The number of rotatable bonds is 8. The maximum atomic E-state index is 12.8. The van der Waals surface area contributed by atoms with Crippen molar-refractivity contribution in [2.75, 3.05) is 11.9 Å². The zero-order valence-electron chi connectivity index (χ0n) is 19.5. The molecule has 0 unspecified atom stereocenters. The van der Waals surface area contributed by atoms with Crippen LogP contribution in [0.5, 0.6) is 5.75 Å². The Bertz CT molecular complexity index is 1320. The van der Waals surface area contributed by atoms with Crippen LogP contribution in [0.25, 0.3) is 6.08 Å². The van der Waals surface area contributed by atoms with E-state index in [-0.39, 0.29) is 28.7 Å². The molecular formula is C26H23N3O4S3. The van der Waals surface area contributed by atoms with E-state index in [4.69, 9.17) is 17.0 Å². The predicted octanol–water partition coefficient (Wildman–Crippen LogP) is 5.44. The van der Waals surface area contributed by atoms with Gasteiger partial charge in [0.2, 0.25) is 0 Å². The second-order valence-corrected chi connectivity index (χ2v) is 10.7. The van der Waals surface area contributed by atoms with Crippen LogP contribution in [0.2, 0.25) is 0 Å². The molecule has 4 rings (SSSR count). The maximum absolute atomic E-state index is 12.8. The number of thioether (sulfide) groups is 1. The number of nitrogens with zero attached hydrogens (tertiary/aromatic N) is 1. The van der Waals surface area contributed by atoms with Crippen LogP contribution in [0.3, 0.4) is 0 Å². The highest BCUT2D eigenvalue weighted by Gasteiger charge is 2.33. The van der Waals surface area contributed by atoms with Crippen molar-refractivity contribution in [3.05, 3.63) is 87.0 Å². The van der Waals surface area contributed by atoms with E-state index in [1.54, 1.807) is 47.9 Å². The van der Waals surface area contributed by atoms with Gasteiger partial charge in [0.15, 0.2) is 10.9 Å². The quantitative estimate of drug-likeness (QED) is 0.294. The Hall–Kier alpha value is -3.47. The number of carbonyl (C=O) groups is 3. The van der Waals surface area contributed by atoms with Gasteiger partial charge in [0.25, 0.3) is 17.7 Å². The summed E-state index contributed by atoms with van der Waals surface area (Å²) in [6.45, 7) is 4.01. The number of thiophene rings is 1. The molecule has 0 saturated carbocycles. The topological polar surface area (TPSA) is 87.7 Å². The second-order valence-electron chi connectivity index (χ2n) is 8.08. The zero-order valence-corrected chi connectivity index (χ0v) is 22.0. The average Bonchev–Trinajstić information content (AvgIpc) is 3.49. The summed E-state index contributed by atoms with van der Waals surface area (Å²) >= 11 is 7.65. The van der Waals surface area contributed by atoms with Gasteiger partial charge in [-0.05, 0) is 65.0 Å². The second kappa shape index (κ2) is 11.5. The van der Waals surface area contributed by atoms with Crippen LogP contribution in [-0.4, -0.2) is 33.7 Å². The number of hydrogen-bond donors (Lipinski definition) is 2. The molecule has 1 aliphatic heterocycles. The molecule has 1 aromatic heterocycles. The number of ether oxygens (including phenoxy) is 1. The number of benzene rings is 2. The van der Waals surface area contributed by atoms with E-state index in [1.165, 1.54) is 11.3 Å². The van der Waals surface area contributed by atoms with E-state index in [2.05, 4.69) is 24.6 Å². The first-order chi connectivity index (χ1) is 17.3. The van der Waals surface area contributed by atoms with Crippen molar-refractivity contribution in [1.29, 1.82) is 0 Å². The summed E-state index contributed by atoms with van der Waals surface area (Å²) in [6, 6.07) is 18.1. The van der Waals surface area contributed by atoms with Crippen LogP contribution in [0.15, 0.2) is 70.9 Å². The van der Waals surface area contributed by atoms with Gasteiger partial charge >= 0.3 is 0 Å². The summed E-state index contributed by atoms with van der Waals surface area (Å²) in [5.74, 6) is -0.224. The van der Waals surface area contributed by atoms with Crippen molar-refractivity contribution in [3.63, 3.8) is 0 Å². The number of hydrogen-bond acceptors (Lipinski definition) is 7. The minimum atomic E-state index is -0.395. The van der Waals surface area contributed by atoms with Crippen molar-refractivity contribution >= 4 is 69.1 Å². The Kier molecular flexibility index (Phi) is 8.19. The van der Waals surface area contributed by atoms with E-state index in [0.717, 1.165) is 33.6 Å². The fourth-order valence-electron chi connectivity index (χ4n) is 3.39. The molecule has 36 heavy (non-hydrogen) atoms. The molecule has 2 aromatic carbocycles. The molecule has 2 N–H and O–H groups in total. The van der Waals surface area contributed by atoms with E-state index in [9.17, 15) is 14.4 Å². The fourth-order valence-corrected chi connectivity index (χ4v) is 5.18. The molecule has 3 amide bonds. The Morgan fingerprint density at radius 2 is 1.83 bits per heavy atom. The molecule has 0 spiro atoms. The molecule has 0 bridgehead atoms. The standard InChI is InChI=1S/C26H23N3O4S3/c1-16(2)19-6-3-4-7-20(19)27-23(30)15-33-18-11-9-17(10-12-18)14-22-25(32)29(26(34)36-22)28-24(31)21-8-5-13-35-21/h3-14,16H,15H2,1-2H3,(H,27,30)(H,28,31)/b22-14+. The van der Waals surface area contributed by atoms with Crippen molar-refractivity contribution in [3.8, 4) is 5.75 Å². The number of hydrazine groups is 1. The van der Waals surface area contributed by atoms with Gasteiger partial charge in [0.05, 0.1) is 9.78 Å². The van der Waals surface area contributed by atoms with Crippen molar-refractivity contribution in [2.24, 2.45) is 0 Å². The number of para-hydroxylation sites is 1. The summed E-state index contributed by atoms with van der Waals surface area (Å²) in [5.41, 5.74) is 5.15. The smallest absolute Gasteiger partial charge is 0.285 e. The van der Waals surface area contributed by atoms with Crippen molar-refractivity contribution < 1.29 is 19.1 Å². The van der Waals surface area contributed by atoms with Crippen molar-refractivity contribution in [1.82, 2.24) is 10.4 Å². The molecule has 2 heterocycles. The lowest BCUT2D eigenvalue weighted by molar-refractivity contribution is -0.123. The molecule has 184 valence electrons.